The van der Waals surface area contributed by atoms with Gasteiger partial charge in [-0.2, -0.15) is 0 Å². The van der Waals surface area contributed by atoms with Crippen molar-refractivity contribution >= 4 is 5.78 Å². The van der Waals surface area contributed by atoms with Gasteiger partial charge in [-0.05, 0) is 37.0 Å². The predicted molar refractivity (Wildman–Crippen MR) is 70.5 cm³/mol. The van der Waals surface area contributed by atoms with Gasteiger partial charge in [0, 0.05) is 6.42 Å². The van der Waals surface area contributed by atoms with Gasteiger partial charge in [0.15, 0.2) is 0 Å². The Labute approximate surface area is 104 Å². The molecular weight excluding hydrogens is 212 g/mol. The van der Waals surface area contributed by atoms with Gasteiger partial charge in [-0.25, -0.2) is 0 Å². The van der Waals surface area contributed by atoms with E-state index in [0.717, 1.165) is 5.75 Å². The highest BCUT2D eigenvalue weighted by atomic mass is 16.5. The lowest BCUT2D eigenvalue weighted by molar-refractivity contribution is -0.118. The maximum Gasteiger partial charge on any atom is 0.133 e. The molecule has 0 N–H and O–H groups in total. The maximum atomic E-state index is 10.9. The monoisotopic (exact) mass is 234 g/mol. The molecule has 0 saturated carbocycles. The normalized spacial score (nSPS) is 13.2. The number of rotatable bonds is 4. The lowest BCUT2D eigenvalue weighted by atomic mass is 9.87. The van der Waals surface area contributed by atoms with Crippen molar-refractivity contribution in [2.45, 2.75) is 52.6 Å². The van der Waals surface area contributed by atoms with Gasteiger partial charge in [0.05, 0.1) is 0 Å². The van der Waals surface area contributed by atoms with E-state index in [4.69, 9.17) is 4.74 Å². The largest absolute Gasteiger partial charge is 0.490 e. The second kappa shape index (κ2) is 5.35. The minimum Gasteiger partial charge on any atom is -0.490 e. The number of ketones is 1. The number of benzene rings is 1. The Morgan fingerprint density at radius 2 is 1.76 bits per heavy atom. The fraction of sp³-hybridized carbons (Fsp3) is 0.533. The Hall–Kier alpha value is -1.31. The minimum atomic E-state index is -0.0620. The summed E-state index contributed by atoms with van der Waals surface area (Å²) in [6, 6.07) is 8.10. The summed E-state index contributed by atoms with van der Waals surface area (Å²) in [4.78, 5) is 10.9. The average molecular weight is 234 g/mol. The van der Waals surface area contributed by atoms with Gasteiger partial charge >= 0.3 is 0 Å². The standard InChI is InChI=1S/C15H22O2/c1-11(16)10-12(2)17-14-8-6-13(7-9-14)15(3,4)5/h6-9,12H,10H2,1-5H3. The van der Waals surface area contributed by atoms with Crippen LogP contribution < -0.4 is 4.74 Å². The number of carbonyl (C=O) groups excluding carboxylic acids is 1. The van der Waals surface area contributed by atoms with Crippen LogP contribution in [0.15, 0.2) is 24.3 Å². The molecule has 0 aliphatic carbocycles. The van der Waals surface area contributed by atoms with E-state index in [1.807, 2.05) is 19.1 Å². The Kier molecular flexibility index (Phi) is 4.33. The van der Waals surface area contributed by atoms with E-state index in [-0.39, 0.29) is 17.3 Å². The summed E-state index contributed by atoms with van der Waals surface area (Å²) < 4.78 is 5.67. The number of hydrogen-bond donors (Lipinski definition) is 0. The van der Waals surface area contributed by atoms with Crippen LogP contribution in [0.5, 0.6) is 5.75 Å². The molecular formula is C15H22O2. The van der Waals surface area contributed by atoms with Crippen molar-refractivity contribution < 1.29 is 9.53 Å². The Bertz CT molecular complexity index is 371. The average Bonchev–Trinajstić information content (AvgIpc) is 2.15. The Morgan fingerprint density at radius 3 is 2.18 bits per heavy atom. The molecule has 0 saturated heterocycles. The second-order valence-corrected chi connectivity index (χ2v) is 5.61. The van der Waals surface area contributed by atoms with Crippen molar-refractivity contribution in [2.24, 2.45) is 0 Å². The van der Waals surface area contributed by atoms with Crippen LogP contribution in [0.1, 0.15) is 46.6 Å². The third-order valence-corrected chi connectivity index (χ3v) is 2.63. The van der Waals surface area contributed by atoms with Gasteiger partial charge in [-0.1, -0.05) is 32.9 Å². The number of carbonyl (C=O) groups is 1. The highest BCUT2D eigenvalue weighted by Crippen LogP contribution is 2.24. The molecule has 1 aromatic carbocycles. The molecule has 94 valence electrons. The smallest absolute Gasteiger partial charge is 0.133 e. The molecule has 1 aromatic rings. The zero-order chi connectivity index (χ0) is 13.1. The molecule has 0 bridgehead atoms. The van der Waals surface area contributed by atoms with E-state index in [9.17, 15) is 4.79 Å². The molecule has 2 heteroatoms. The van der Waals surface area contributed by atoms with Crippen molar-refractivity contribution in [3.63, 3.8) is 0 Å². The van der Waals surface area contributed by atoms with Crippen LogP contribution in [-0.4, -0.2) is 11.9 Å². The zero-order valence-corrected chi connectivity index (χ0v) is 11.4. The van der Waals surface area contributed by atoms with Crippen LogP contribution in [0, 0.1) is 0 Å². The van der Waals surface area contributed by atoms with Gasteiger partial charge < -0.3 is 4.74 Å². The van der Waals surface area contributed by atoms with Crippen LogP contribution in [0.2, 0.25) is 0 Å². The molecule has 0 fully saturated rings. The van der Waals surface area contributed by atoms with E-state index in [0.29, 0.717) is 6.42 Å². The number of Topliss-reactive ketones (excluding diaryl/α,β-unsaturated/α-hetero) is 1. The molecule has 0 spiro atoms. The van der Waals surface area contributed by atoms with E-state index in [2.05, 4.69) is 32.9 Å². The summed E-state index contributed by atoms with van der Waals surface area (Å²) in [5, 5.41) is 0. The fourth-order valence-electron chi connectivity index (χ4n) is 1.71. The summed E-state index contributed by atoms with van der Waals surface area (Å²) in [6.07, 6.45) is 0.397. The van der Waals surface area contributed by atoms with E-state index >= 15 is 0 Å². The summed E-state index contributed by atoms with van der Waals surface area (Å²) in [6.45, 7) is 10.0. The molecule has 1 atom stereocenters. The van der Waals surface area contributed by atoms with Gasteiger partial charge in [-0.15, -0.1) is 0 Å². The van der Waals surface area contributed by atoms with Gasteiger partial charge in [0.25, 0.3) is 0 Å². The molecule has 0 aliphatic rings. The summed E-state index contributed by atoms with van der Waals surface area (Å²) >= 11 is 0. The first-order valence-electron chi connectivity index (χ1n) is 6.05. The molecule has 0 aromatic heterocycles. The third kappa shape index (κ3) is 4.59. The summed E-state index contributed by atoms with van der Waals surface area (Å²) in [7, 11) is 0. The topological polar surface area (TPSA) is 26.3 Å². The van der Waals surface area contributed by atoms with Crippen LogP contribution >= 0.6 is 0 Å². The first-order valence-corrected chi connectivity index (χ1v) is 6.05. The predicted octanol–water partition coefficient (Wildman–Crippen LogP) is 3.73. The van der Waals surface area contributed by atoms with Crippen molar-refractivity contribution in [1.29, 1.82) is 0 Å². The van der Waals surface area contributed by atoms with Crippen LogP contribution in [0.3, 0.4) is 0 Å². The van der Waals surface area contributed by atoms with Gasteiger partial charge in [-0.3, -0.25) is 4.79 Å². The molecule has 0 aliphatic heterocycles. The first-order chi connectivity index (χ1) is 7.79. The Morgan fingerprint density at radius 1 is 1.24 bits per heavy atom. The SMILES string of the molecule is CC(=O)CC(C)Oc1ccc(C(C)(C)C)cc1. The van der Waals surface area contributed by atoms with Crippen LogP contribution in [0.25, 0.3) is 0 Å². The first kappa shape index (κ1) is 13.8. The highest BCUT2D eigenvalue weighted by Gasteiger charge is 2.13. The van der Waals surface area contributed by atoms with Gasteiger partial charge in [0.2, 0.25) is 0 Å². The minimum absolute atomic E-state index is 0.0620. The molecule has 17 heavy (non-hydrogen) atoms. The van der Waals surface area contributed by atoms with Crippen LogP contribution in [0.4, 0.5) is 0 Å². The molecule has 0 amide bonds. The second-order valence-electron chi connectivity index (χ2n) is 5.61. The van der Waals surface area contributed by atoms with E-state index in [1.54, 1.807) is 6.92 Å². The fourth-order valence-corrected chi connectivity index (χ4v) is 1.71. The van der Waals surface area contributed by atoms with Gasteiger partial charge in [0.1, 0.15) is 17.6 Å². The van der Waals surface area contributed by atoms with Crippen molar-refractivity contribution in [3.05, 3.63) is 29.8 Å². The zero-order valence-electron chi connectivity index (χ0n) is 11.4. The van der Waals surface area contributed by atoms with Crippen molar-refractivity contribution in [3.8, 4) is 5.75 Å². The number of hydrogen-bond acceptors (Lipinski definition) is 2. The van der Waals surface area contributed by atoms with E-state index < -0.39 is 0 Å². The molecule has 0 heterocycles. The lowest BCUT2D eigenvalue weighted by Gasteiger charge is -2.20. The van der Waals surface area contributed by atoms with Crippen molar-refractivity contribution in [2.75, 3.05) is 0 Å². The molecule has 2 nitrogen and oxygen atoms in total. The number of ether oxygens (including phenoxy) is 1. The molecule has 1 rings (SSSR count). The maximum absolute atomic E-state index is 10.9. The third-order valence-electron chi connectivity index (χ3n) is 2.63. The van der Waals surface area contributed by atoms with E-state index in [1.165, 1.54) is 5.56 Å². The Balaban J connectivity index is 2.66. The highest BCUT2D eigenvalue weighted by molar-refractivity contribution is 5.75. The lowest BCUT2D eigenvalue weighted by Crippen LogP contribution is -2.15. The van der Waals surface area contributed by atoms with Crippen LogP contribution in [-0.2, 0) is 10.2 Å². The quantitative estimate of drug-likeness (QED) is 0.793. The molecule has 0 radical (unpaired) electrons. The molecule has 1 unspecified atom stereocenters. The van der Waals surface area contributed by atoms with Crippen molar-refractivity contribution in [1.82, 2.24) is 0 Å². The summed E-state index contributed by atoms with van der Waals surface area (Å²) in [5.74, 6) is 0.982. The summed E-state index contributed by atoms with van der Waals surface area (Å²) in [5.41, 5.74) is 1.44.